The van der Waals surface area contributed by atoms with Crippen LogP contribution in [0, 0.1) is 5.92 Å². The summed E-state index contributed by atoms with van der Waals surface area (Å²) >= 11 is 7.43. The summed E-state index contributed by atoms with van der Waals surface area (Å²) < 4.78 is 10.7. The van der Waals surface area contributed by atoms with Gasteiger partial charge in [0.1, 0.15) is 12.4 Å². The van der Waals surface area contributed by atoms with E-state index in [0.29, 0.717) is 36.7 Å². The molecule has 2 heterocycles. The summed E-state index contributed by atoms with van der Waals surface area (Å²) in [6.07, 6.45) is 1.23. The second-order valence-corrected chi connectivity index (χ2v) is 7.49. The van der Waals surface area contributed by atoms with Crippen LogP contribution in [0.4, 0.5) is 0 Å². The molecule has 0 N–H and O–H groups in total. The molecule has 0 aliphatic carbocycles. The van der Waals surface area contributed by atoms with E-state index in [4.69, 9.17) is 21.1 Å². The van der Waals surface area contributed by atoms with Crippen LogP contribution in [0.3, 0.4) is 0 Å². The zero-order valence-electron chi connectivity index (χ0n) is 14.4. The van der Waals surface area contributed by atoms with Crippen molar-refractivity contribution in [1.82, 2.24) is 4.90 Å². The maximum atomic E-state index is 12.4. The second kappa shape index (κ2) is 8.56. The summed E-state index contributed by atoms with van der Waals surface area (Å²) in [6, 6.07) is 8.90. The van der Waals surface area contributed by atoms with E-state index in [1.807, 2.05) is 17.5 Å². The summed E-state index contributed by atoms with van der Waals surface area (Å²) in [5.41, 5.74) is 0.735. The van der Waals surface area contributed by atoms with Crippen molar-refractivity contribution in [3.63, 3.8) is 0 Å². The molecule has 5 nitrogen and oxygen atoms in total. The minimum Gasteiger partial charge on any atom is -0.496 e. The van der Waals surface area contributed by atoms with E-state index in [1.165, 1.54) is 11.3 Å². The van der Waals surface area contributed by atoms with Crippen molar-refractivity contribution in [2.24, 2.45) is 5.92 Å². The average molecular weight is 394 g/mol. The van der Waals surface area contributed by atoms with Gasteiger partial charge in [0.05, 0.1) is 17.9 Å². The van der Waals surface area contributed by atoms with E-state index in [2.05, 4.69) is 0 Å². The number of ether oxygens (including phenoxy) is 2. The molecule has 2 aromatic rings. The van der Waals surface area contributed by atoms with Crippen molar-refractivity contribution >= 4 is 34.8 Å². The molecule has 0 saturated carbocycles. The minimum absolute atomic E-state index is 0.0375. The Bertz CT molecular complexity index is 770. The molecule has 0 bridgehead atoms. The molecule has 0 radical (unpaired) electrons. The average Bonchev–Trinajstić information content (AvgIpc) is 3.20. The zero-order valence-corrected chi connectivity index (χ0v) is 16.0. The molecule has 1 amide bonds. The molecule has 138 valence electrons. The summed E-state index contributed by atoms with van der Waals surface area (Å²) in [6.45, 7) is 1.25. The van der Waals surface area contributed by atoms with Crippen LogP contribution in [0.5, 0.6) is 5.75 Å². The molecule has 1 aromatic carbocycles. The number of carbonyl (C=O) groups excluding carboxylic acids is 2. The maximum Gasteiger partial charge on any atom is 0.309 e. The number of hydrogen-bond acceptors (Lipinski definition) is 5. The highest BCUT2D eigenvalue weighted by Crippen LogP contribution is 2.25. The van der Waals surface area contributed by atoms with Crippen molar-refractivity contribution in [3.8, 4) is 5.75 Å². The van der Waals surface area contributed by atoms with Crippen LogP contribution in [-0.2, 0) is 16.1 Å². The molecule has 1 fully saturated rings. The highest BCUT2D eigenvalue weighted by molar-refractivity contribution is 7.12. The van der Waals surface area contributed by atoms with E-state index < -0.39 is 0 Å². The van der Waals surface area contributed by atoms with Gasteiger partial charge in [-0.3, -0.25) is 9.59 Å². The van der Waals surface area contributed by atoms with Crippen molar-refractivity contribution in [1.29, 1.82) is 0 Å². The van der Waals surface area contributed by atoms with Crippen LogP contribution in [0.15, 0.2) is 35.7 Å². The van der Waals surface area contributed by atoms with E-state index in [0.717, 1.165) is 10.4 Å². The Morgan fingerprint density at radius 2 is 2.04 bits per heavy atom. The molecular weight excluding hydrogens is 374 g/mol. The van der Waals surface area contributed by atoms with Crippen molar-refractivity contribution in [2.75, 3.05) is 20.2 Å². The van der Waals surface area contributed by atoms with Crippen molar-refractivity contribution in [3.05, 3.63) is 51.2 Å². The molecule has 0 atom stereocenters. The highest BCUT2D eigenvalue weighted by Gasteiger charge is 2.29. The minimum atomic E-state index is -0.241. The van der Waals surface area contributed by atoms with Gasteiger partial charge in [-0.15, -0.1) is 11.3 Å². The molecule has 26 heavy (non-hydrogen) atoms. The molecule has 1 aliphatic heterocycles. The summed E-state index contributed by atoms with van der Waals surface area (Å²) in [5, 5.41) is 2.46. The van der Waals surface area contributed by atoms with E-state index >= 15 is 0 Å². The third-order valence-electron chi connectivity index (χ3n) is 4.46. The van der Waals surface area contributed by atoms with Crippen LogP contribution >= 0.6 is 22.9 Å². The Hall–Kier alpha value is -2.05. The number of rotatable bonds is 5. The Balaban J connectivity index is 1.51. The smallest absolute Gasteiger partial charge is 0.309 e. The zero-order chi connectivity index (χ0) is 18.5. The lowest BCUT2D eigenvalue weighted by Crippen LogP contribution is -2.40. The van der Waals surface area contributed by atoms with Gasteiger partial charge in [-0.05, 0) is 42.5 Å². The number of carbonyl (C=O) groups is 2. The van der Waals surface area contributed by atoms with E-state index in [1.54, 1.807) is 30.2 Å². The van der Waals surface area contributed by atoms with Crippen LogP contribution in [0.1, 0.15) is 28.1 Å². The van der Waals surface area contributed by atoms with Crippen LogP contribution < -0.4 is 4.74 Å². The third-order valence-corrected chi connectivity index (χ3v) is 5.55. The number of hydrogen-bond donors (Lipinski definition) is 0. The van der Waals surface area contributed by atoms with Gasteiger partial charge in [-0.25, -0.2) is 0 Å². The number of methoxy groups -OCH3 is 1. The maximum absolute atomic E-state index is 12.4. The fraction of sp³-hybridized carbons (Fsp3) is 0.368. The SMILES string of the molecule is COc1ccc(Cl)cc1COC(=O)C1CCN(C(=O)c2cccs2)CC1. The van der Waals surface area contributed by atoms with Gasteiger partial charge in [0.2, 0.25) is 0 Å². The molecule has 1 saturated heterocycles. The van der Waals surface area contributed by atoms with Gasteiger partial charge in [0.15, 0.2) is 0 Å². The number of amides is 1. The fourth-order valence-corrected chi connectivity index (χ4v) is 3.89. The topological polar surface area (TPSA) is 55.8 Å². The van der Waals surface area contributed by atoms with Crippen molar-refractivity contribution < 1.29 is 19.1 Å². The first kappa shape index (κ1) is 18.7. The van der Waals surface area contributed by atoms with Gasteiger partial charge in [0, 0.05) is 23.7 Å². The van der Waals surface area contributed by atoms with Crippen LogP contribution in [-0.4, -0.2) is 37.0 Å². The predicted octanol–water partition coefficient (Wildman–Crippen LogP) is 4.01. The number of thiophene rings is 1. The molecule has 1 aromatic heterocycles. The lowest BCUT2D eigenvalue weighted by atomic mass is 9.97. The standard InChI is InChI=1S/C19H20ClNO4S/c1-24-16-5-4-15(20)11-14(16)12-25-19(23)13-6-8-21(9-7-13)18(22)17-3-2-10-26-17/h2-5,10-11,13H,6-9,12H2,1H3. The van der Waals surface area contributed by atoms with Crippen LogP contribution in [0.2, 0.25) is 5.02 Å². The Labute approximate surface area is 161 Å². The lowest BCUT2D eigenvalue weighted by molar-refractivity contribution is -0.151. The number of esters is 1. The fourth-order valence-electron chi connectivity index (χ4n) is 3.00. The summed E-state index contributed by atoms with van der Waals surface area (Å²) in [7, 11) is 1.56. The predicted molar refractivity (Wildman–Crippen MR) is 101 cm³/mol. The molecule has 0 spiro atoms. The number of nitrogens with zero attached hydrogens (tertiary/aromatic N) is 1. The first-order valence-corrected chi connectivity index (χ1v) is 9.66. The molecule has 3 rings (SSSR count). The van der Waals surface area contributed by atoms with Crippen LogP contribution in [0.25, 0.3) is 0 Å². The van der Waals surface area contributed by atoms with Gasteiger partial charge >= 0.3 is 5.97 Å². The van der Waals surface area contributed by atoms with Gasteiger partial charge in [-0.1, -0.05) is 17.7 Å². The number of piperidine rings is 1. The monoisotopic (exact) mass is 393 g/mol. The molecule has 1 aliphatic rings. The van der Waals surface area contributed by atoms with E-state index in [9.17, 15) is 9.59 Å². The number of likely N-dealkylation sites (tertiary alicyclic amines) is 1. The number of benzene rings is 1. The molecule has 0 unspecified atom stereocenters. The molecule has 7 heteroatoms. The normalized spacial score (nSPS) is 14.9. The molecular formula is C19H20ClNO4S. The van der Waals surface area contributed by atoms with Gasteiger partial charge in [0.25, 0.3) is 5.91 Å². The first-order valence-electron chi connectivity index (χ1n) is 8.40. The summed E-state index contributed by atoms with van der Waals surface area (Å²) in [4.78, 5) is 27.2. The lowest BCUT2D eigenvalue weighted by Gasteiger charge is -2.30. The second-order valence-electron chi connectivity index (χ2n) is 6.11. The third kappa shape index (κ3) is 4.37. The van der Waals surface area contributed by atoms with Gasteiger partial charge < -0.3 is 14.4 Å². The van der Waals surface area contributed by atoms with Gasteiger partial charge in [-0.2, -0.15) is 0 Å². The Morgan fingerprint density at radius 1 is 1.27 bits per heavy atom. The first-order chi connectivity index (χ1) is 12.6. The number of halogens is 1. The largest absolute Gasteiger partial charge is 0.496 e. The Kier molecular flexibility index (Phi) is 6.16. The van der Waals surface area contributed by atoms with E-state index in [-0.39, 0.29) is 24.4 Å². The highest BCUT2D eigenvalue weighted by atomic mass is 35.5. The summed E-state index contributed by atoms with van der Waals surface area (Å²) in [5.74, 6) is 0.247. The Morgan fingerprint density at radius 3 is 2.69 bits per heavy atom. The quantitative estimate of drug-likeness (QED) is 0.720. The van der Waals surface area contributed by atoms with Crippen molar-refractivity contribution in [2.45, 2.75) is 19.4 Å².